The van der Waals surface area contributed by atoms with Crippen molar-refractivity contribution >= 4 is 11.6 Å². The Kier molecular flexibility index (Phi) is 6.06. The highest BCUT2D eigenvalue weighted by Gasteiger charge is 2.39. The minimum Gasteiger partial charge on any atom is -0.399 e. The van der Waals surface area contributed by atoms with Crippen LogP contribution < -0.4 is 0 Å². The summed E-state index contributed by atoms with van der Waals surface area (Å²) >= 11 is 0. The maximum absolute atomic E-state index is 13.8. The lowest BCUT2D eigenvalue weighted by Gasteiger charge is -2.22. The van der Waals surface area contributed by atoms with Crippen LogP contribution in [0.1, 0.15) is 33.9 Å². The molecular formula is C20H21F3N4O3. The van der Waals surface area contributed by atoms with E-state index in [-0.39, 0.29) is 25.1 Å². The smallest absolute Gasteiger partial charge is 0.399 e. The maximum atomic E-state index is 13.8. The van der Waals surface area contributed by atoms with Crippen molar-refractivity contribution in [1.82, 2.24) is 14.9 Å². The lowest BCUT2D eigenvalue weighted by molar-refractivity contribution is -0.140. The molecule has 7 nitrogen and oxygen atoms in total. The molecule has 1 N–H and O–H groups in total. The summed E-state index contributed by atoms with van der Waals surface area (Å²) < 4.78 is 41.4. The van der Waals surface area contributed by atoms with Crippen LogP contribution >= 0.6 is 0 Å². The zero-order valence-corrected chi connectivity index (χ0v) is 16.7. The van der Waals surface area contributed by atoms with Gasteiger partial charge in [0.25, 0.3) is 5.91 Å². The summed E-state index contributed by atoms with van der Waals surface area (Å²) in [6.45, 7) is 3.16. The van der Waals surface area contributed by atoms with Crippen LogP contribution in [0.3, 0.4) is 0 Å². The predicted octanol–water partition coefficient (Wildman–Crippen LogP) is 2.99. The van der Waals surface area contributed by atoms with E-state index >= 15 is 0 Å². The van der Waals surface area contributed by atoms with Gasteiger partial charge in [-0.15, -0.1) is 0 Å². The van der Waals surface area contributed by atoms with Gasteiger partial charge < -0.3 is 14.8 Å². The minimum absolute atomic E-state index is 0.0152. The number of aliphatic hydroxyl groups excluding tert-OH is 1. The number of hydrogen-bond acceptors (Lipinski definition) is 6. The molecule has 0 aliphatic carbocycles. The van der Waals surface area contributed by atoms with Crippen molar-refractivity contribution in [3.05, 3.63) is 47.0 Å². The molecular weight excluding hydrogens is 401 g/mol. The number of benzene rings is 1. The largest absolute Gasteiger partial charge is 0.434 e. The number of likely N-dealkylation sites (tertiary alicyclic amines) is 1. The van der Waals surface area contributed by atoms with Crippen LogP contribution in [0.2, 0.25) is 0 Å². The lowest BCUT2D eigenvalue weighted by atomic mass is 9.97. The van der Waals surface area contributed by atoms with Gasteiger partial charge in [-0.3, -0.25) is 4.79 Å². The van der Waals surface area contributed by atoms with E-state index in [1.165, 1.54) is 12.0 Å². The molecule has 3 rings (SSSR count). The Labute approximate surface area is 171 Å². The first-order valence-electron chi connectivity index (χ1n) is 9.19. The van der Waals surface area contributed by atoms with E-state index < -0.39 is 29.6 Å². The summed E-state index contributed by atoms with van der Waals surface area (Å²) in [5, 5.41) is 13.3. The van der Waals surface area contributed by atoms with Crippen molar-refractivity contribution in [3.8, 4) is 11.1 Å². The number of carbonyl (C=O) groups is 1. The Morgan fingerprint density at radius 1 is 1.33 bits per heavy atom. The number of aromatic nitrogens is 2. The molecule has 1 aromatic heterocycles. The molecule has 0 radical (unpaired) electrons. The van der Waals surface area contributed by atoms with Gasteiger partial charge >= 0.3 is 6.18 Å². The molecule has 2 heterocycles. The topological polar surface area (TPSA) is 87.9 Å². The highest BCUT2D eigenvalue weighted by Crippen LogP contribution is 2.37. The zero-order chi connectivity index (χ0) is 22.1. The van der Waals surface area contributed by atoms with Gasteiger partial charge in [0.2, 0.25) is 5.82 Å². The molecule has 1 saturated heterocycles. The van der Waals surface area contributed by atoms with Crippen LogP contribution in [-0.2, 0) is 11.0 Å². The third-order valence-corrected chi connectivity index (χ3v) is 5.10. The van der Waals surface area contributed by atoms with Crippen LogP contribution in [0.15, 0.2) is 29.6 Å². The van der Waals surface area contributed by atoms with E-state index in [4.69, 9.17) is 4.84 Å². The van der Waals surface area contributed by atoms with Gasteiger partial charge in [-0.2, -0.15) is 13.2 Å². The van der Waals surface area contributed by atoms with E-state index in [2.05, 4.69) is 15.1 Å². The van der Waals surface area contributed by atoms with E-state index in [0.717, 1.165) is 11.8 Å². The van der Waals surface area contributed by atoms with Crippen molar-refractivity contribution in [2.75, 3.05) is 20.3 Å². The van der Waals surface area contributed by atoms with Crippen LogP contribution in [0.5, 0.6) is 0 Å². The van der Waals surface area contributed by atoms with E-state index in [1.54, 1.807) is 32.0 Å². The number of aryl methyl sites for hydroxylation is 1. The van der Waals surface area contributed by atoms with Crippen molar-refractivity contribution in [3.63, 3.8) is 0 Å². The molecule has 2 aromatic rings. The van der Waals surface area contributed by atoms with Gasteiger partial charge in [0.05, 0.1) is 24.9 Å². The SMILES string of the molecule is CO/N=C1/C[C@@H](CO)N(C(=O)c2ncc(-c3cccc(C)c3C)c(C(F)(F)F)n2)C1. The normalized spacial score (nSPS) is 18.2. The number of halogens is 3. The Morgan fingerprint density at radius 3 is 2.70 bits per heavy atom. The minimum atomic E-state index is -4.78. The lowest BCUT2D eigenvalue weighted by Crippen LogP contribution is -2.39. The van der Waals surface area contributed by atoms with E-state index in [1.807, 2.05) is 0 Å². The van der Waals surface area contributed by atoms with Gasteiger partial charge in [0.1, 0.15) is 7.11 Å². The second kappa shape index (κ2) is 8.39. The summed E-state index contributed by atoms with van der Waals surface area (Å²) in [5.74, 6) is -1.40. The highest BCUT2D eigenvalue weighted by atomic mass is 19.4. The van der Waals surface area contributed by atoms with Gasteiger partial charge in [0, 0.05) is 18.2 Å². The summed E-state index contributed by atoms with van der Waals surface area (Å²) in [4.78, 5) is 26.3. The second-order valence-electron chi connectivity index (χ2n) is 7.01. The third-order valence-electron chi connectivity index (χ3n) is 5.10. The number of nitrogens with zero attached hydrogens (tertiary/aromatic N) is 4. The molecule has 1 amide bonds. The summed E-state index contributed by atoms with van der Waals surface area (Å²) in [6, 6.07) is 4.38. The fourth-order valence-electron chi connectivity index (χ4n) is 3.44. The van der Waals surface area contributed by atoms with Gasteiger partial charge in [-0.25, -0.2) is 9.97 Å². The van der Waals surface area contributed by atoms with Crippen molar-refractivity contribution in [1.29, 1.82) is 0 Å². The summed E-state index contributed by atoms with van der Waals surface area (Å²) in [6.07, 6.45) is -3.50. The number of oxime groups is 1. The van der Waals surface area contributed by atoms with E-state index in [9.17, 15) is 23.1 Å². The molecule has 1 atom stereocenters. The van der Waals surface area contributed by atoms with Crippen LogP contribution in [0.4, 0.5) is 13.2 Å². The quantitative estimate of drug-likeness (QED) is 0.766. The molecule has 0 spiro atoms. The van der Waals surface area contributed by atoms with Crippen molar-refractivity contribution < 1.29 is 27.9 Å². The zero-order valence-electron chi connectivity index (χ0n) is 16.7. The number of alkyl halides is 3. The average molecular weight is 422 g/mol. The molecule has 1 fully saturated rings. The molecule has 10 heteroatoms. The molecule has 1 aliphatic heterocycles. The fourth-order valence-corrected chi connectivity index (χ4v) is 3.44. The monoisotopic (exact) mass is 422 g/mol. The number of rotatable bonds is 4. The highest BCUT2D eigenvalue weighted by molar-refractivity contribution is 5.98. The van der Waals surface area contributed by atoms with Crippen LogP contribution in [0.25, 0.3) is 11.1 Å². The number of carbonyl (C=O) groups excluding carboxylic acids is 1. The fraction of sp³-hybridized carbons (Fsp3) is 0.400. The summed E-state index contributed by atoms with van der Waals surface area (Å²) in [5.41, 5.74) is 0.972. The molecule has 1 aromatic carbocycles. The average Bonchev–Trinajstić information content (AvgIpc) is 3.12. The predicted molar refractivity (Wildman–Crippen MR) is 103 cm³/mol. The number of hydrogen-bond donors (Lipinski definition) is 1. The number of aliphatic hydroxyl groups is 1. The first-order valence-corrected chi connectivity index (χ1v) is 9.19. The Balaban J connectivity index is 2.05. The Bertz CT molecular complexity index is 992. The molecule has 0 saturated carbocycles. The first-order chi connectivity index (χ1) is 14.2. The third kappa shape index (κ3) is 4.13. The Morgan fingerprint density at radius 2 is 2.07 bits per heavy atom. The van der Waals surface area contributed by atoms with Crippen LogP contribution in [0, 0.1) is 13.8 Å². The van der Waals surface area contributed by atoms with Crippen molar-refractivity contribution in [2.24, 2.45) is 5.16 Å². The molecule has 0 unspecified atom stereocenters. The maximum Gasteiger partial charge on any atom is 0.434 e. The molecule has 0 bridgehead atoms. The molecule has 1 aliphatic rings. The standard InChI is InChI=1S/C20H21F3N4O3/c1-11-5-4-6-15(12(11)2)16-8-24-18(25-17(16)20(21,22)23)19(29)27-9-13(26-30-3)7-14(27)10-28/h4-6,8,14,28H,7,9-10H2,1-3H3/b26-13-/t14-/m0/s1. The van der Waals surface area contributed by atoms with E-state index in [0.29, 0.717) is 16.8 Å². The second-order valence-corrected chi connectivity index (χ2v) is 7.01. The van der Waals surface area contributed by atoms with Crippen molar-refractivity contribution in [2.45, 2.75) is 32.5 Å². The Hall–Kier alpha value is -3.01. The van der Waals surface area contributed by atoms with Gasteiger partial charge in [0.15, 0.2) is 5.69 Å². The van der Waals surface area contributed by atoms with Crippen LogP contribution in [-0.4, -0.2) is 57.9 Å². The summed E-state index contributed by atoms with van der Waals surface area (Å²) in [7, 11) is 1.34. The number of amides is 1. The first kappa shape index (κ1) is 21.7. The molecule has 30 heavy (non-hydrogen) atoms. The molecule has 160 valence electrons. The van der Waals surface area contributed by atoms with Gasteiger partial charge in [-0.05, 0) is 30.5 Å². The van der Waals surface area contributed by atoms with Gasteiger partial charge in [-0.1, -0.05) is 23.4 Å².